The second-order valence-electron chi connectivity index (χ2n) is 7.90. The Bertz CT molecular complexity index is 1120. The number of carbonyl (C=O) groups excluding carboxylic acids is 2. The van der Waals surface area contributed by atoms with Crippen LogP contribution in [0.1, 0.15) is 24.4 Å². The monoisotopic (exact) mass is 477 g/mol. The van der Waals surface area contributed by atoms with Crippen molar-refractivity contribution in [1.82, 2.24) is 4.98 Å². The van der Waals surface area contributed by atoms with Crippen molar-refractivity contribution in [3.8, 4) is 10.4 Å². The molecule has 0 atom stereocenters. The molecule has 2 N–H and O–H groups in total. The van der Waals surface area contributed by atoms with Gasteiger partial charge in [0.15, 0.2) is 0 Å². The number of nitrogens with one attached hydrogen (secondary N) is 2. The Morgan fingerprint density at radius 3 is 2.03 bits per heavy atom. The highest BCUT2D eigenvalue weighted by molar-refractivity contribution is 7.15. The largest absolute Gasteiger partial charge is 0.469 e. The van der Waals surface area contributed by atoms with Crippen LogP contribution in [0.15, 0.2) is 54.7 Å². The molecule has 1 aromatic heterocycles. The fourth-order valence-corrected chi connectivity index (χ4v) is 4.16. The van der Waals surface area contributed by atoms with E-state index in [1.165, 1.54) is 30.6 Å². The SMILES string of the molecule is COC(=O)C(C)(C)Cc1ncc(-c2ccc(NC(=O)Nc3ccc(C(F)(F)F)cc3)cc2)s1. The Hall–Kier alpha value is -3.40. The lowest BCUT2D eigenvalue weighted by atomic mass is 9.90. The summed E-state index contributed by atoms with van der Waals surface area (Å²) in [7, 11) is 1.36. The maximum atomic E-state index is 12.6. The number of anilines is 2. The number of amides is 2. The van der Waals surface area contributed by atoms with Crippen LogP contribution in [-0.2, 0) is 22.1 Å². The topological polar surface area (TPSA) is 80.3 Å². The molecule has 0 aliphatic carbocycles. The molecule has 0 bridgehead atoms. The summed E-state index contributed by atoms with van der Waals surface area (Å²) in [6.07, 6.45) is -2.25. The van der Waals surface area contributed by atoms with Crippen molar-refractivity contribution in [3.05, 3.63) is 65.3 Å². The first kappa shape index (κ1) is 24.2. The maximum Gasteiger partial charge on any atom is 0.416 e. The van der Waals surface area contributed by atoms with Gasteiger partial charge in [-0.2, -0.15) is 13.2 Å². The third-order valence-electron chi connectivity index (χ3n) is 4.78. The molecule has 0 aliphatic rings. The average molecular weight is 478 g/mol. The van der Waals surface area contributed by atoms with Gasteiger partial charge in [-0.05, 0) is 55.8 Å². The number of ether oxygens (including phenoxy) is 1. The maximum absolute atomic E-state index is 12.6. The van der Waals surface area contributed by atoms with E-state index >= 15 is 0 Å². The average Bonchev–Trinajstić information content (AvgIpc) is 3.21. The molecule has 3 rings (SSSR count). The van der Waals surface area contributed by atoms with Gasteiger partial charge in [0, 0.05) is 24.0 Å². The lowest BCUT2D eigenvalue weighted by molar-refractivity contribution is -0.150. The number of aromatic nitrogens is 1. The van der Waals surface area contributed by atoms with Crippen LogP contribution in [0.2, 0.25) is 0 Å². The molecular formula is C23H22F3N3O3S. The van der Waals surface area contributed by atoms with Crippen LogP contribution in [0, 0.1) is 5.41 Å². The van der Waals surface area contributed by atoms with E-state index in [-0.39, 0.29) is 11.7 Å². The summed E-state index contributed by atoms with van der Waals surface area (Å²) >= 11 is 1.47. The lowest BCUT2D eigenvalue weighted by Gasteiger charge is -2.19. The molecule has 10 heteroatoms. The number of alkyl halides is 3. The third-order valence-corrected chi connectivity index (χ3v) is 5.83. The van der Waals surface area contributed by atoms with Crippen molar-refractivity contribution in [2.24, 2.45) is 5.41 Å². The van der Waals surface area contributed by atoms with Gasteiger partial charge in [0.2, 0.25) is 0 Å². The molecule has 0 fully saturated rings. The number of rotatable bonds is 6. The quantitative estimate of drug-likeness (QED) is 0.414. The molecule has 6 nitrogen and oxygen atoms in total. The summed E-state index contributed by atoms with van der Waals surface area (Å²) in [5, 5.41) is 5.93. The fourth-order valence-electron chi connectivity index (χ4n) is 3.01. The Morgan fingerprint density at radius 1 is 0.970 bits per heavy atom. The van der Waals surface area contributed by atoms with Crippen LogP contribution in [0.4, 0.5) is 29.3 Å². The highest BCUT2D eigenvalue weighted by Crippen LogP contribution is 2.32. The number of thiazole rings is 1. The highest BCUT2D eigenvalue weighted by atomic mass is 32.1. The second-order valence-corrected chi connectivity index (χ2v) is 9.02. The summed E-state index contributed by atoms with van der Waals surface area (Å²) in [4.78, 5) is 29.3. The van der Waals surface area contributed by atoms with E-state index < -0.39 is 23.2 Å². The Labute approximate surface area is 192 Å². The summed E-state index contributed by atoms with van der Waals surface area (Å²) in [5.41, 5.74) is 0.175. The molecule has 2 aromatic carbocycles. The summed E-state index contributed by atoms with van der Waals surface area (Å²) in [6, 6.07) is 10.7. The zero-order valence-corrected chi connectivity index (χ0v) is 18.9. The first-order valence-corrected chi connectivity index (χ1v) is 10.7. The normalized spacial score (nSPS) is 11.7. The number of carbonyl (C=O) groups is 2. The Kier molecular flexibility index (Phi) is 7.06. The van der Waals surface area contributed by atoms with Gasteiger partial charge in [-0.15, -0.1) is 11.3 Å². The predicted octanol–water partition coefficient (Wildman–Crippen LogP) is 6.21. The second kappa shape index (κ2) is 9.62. The van der Waals surface area contributed by atoms with Gasteiger partial charge in [0.05, 0.1) is 28.0 Å². The van der Waals surface area contributed by atoms with Gasteiger partial charge in [-0.25, -0.2) is 9.78 Å². The van der Waals surface area contributed by atoms with E-state index in [0.717, 1.165) is 27.6 Å². The minimum absolute atomic E-state index is 0.240. The van der Waals surface area contributed by atoms with Crippen molar-refractivity contribution in [3.63, 3.8) is 0 Å². The van der Waals surface area contributed by atoms with Crippen LogP contribution in [0.25, 0.3) is 10.4 Å². The van der Waals surface area contributed by atoms with E-state index in [1.54, 1.807) is 32.2 Å². The molecule has 1 heterocycles. The molecule has 0 aliphatic heterocycles. The van der Waals surface area contributed by atoms with Crippen molar-refractivity contribution in [2.75, 3.05) is 17.7 Å². The number of methoxy groups -OCH3 is 1. The molecule has 174 valence electrons. The minimum atomic E-state index is -4.43. The molecule has 0 spiro atoms. The van der Waals surface area contributed by atoms with Crippen LogP contribution < -0.4 is 10.6 Å². The molecule has 33 heavy (non-hydrogen) atoms. The van der Waals surface area contributed by atoms with Crippen molar-refractivity contribution in [1.29, 1.82) is 0 Å². The first-order valence-electron chi connectivity index (χ1n) is 9.87. The van der Waals surface area contributed by atoms with Gasteiger partial charge in [-0.3, -0.25) is 4.79 Å². The number of esters is 1. The lowest BCUT2D eigenvalue weighted by Crippen LogP contribution is -2.27. The van der Waals surface area contributed by atoms with Crippen molar-refractivity contribution in [2.45, 2.75) is 26.4 Å². The van der Waals surface area contributed by atoms with Crippen molar-refractivity contribution >= 4 is 34.7 Å². The Morgan fingerprint density at radius 2 is 1.52 bits per heavy atom. The van der Waals surface area contributed by atoms with E-state index in [0.29, 0.717) is 12.1 Å². The molecule has 0 saturated carbocycles. The van der Waals surface area contributed by atoms with Gasteiger partial charge < -0.3 is 15.4 Å². The number of benzene rings is 2. The smallest absolute Gasteiger partial charge is 0.416 e. The highest BCUT2D eigenvalue weighted by Gasteiger charge is 2.31. The summed E-state index contributed by atoms with van der Waals surface area (Å²) in [5.74, 6) is -0.302. The van der Waals surface area contributed by atoms with Crippen LogP contribution in [-0.4, -0.2) is 24.1 Å². The van der Waals surface area contributed by atoms with E-state index in [1.807, 2.05) is 12.1 Å². The minimum Gasteiger partial charge on any atom is -0.469 e. The van der Waals surface area contributed by atoms with E-state index in [2.05, 4.69) is 15.6 Å². The van der Waals surface area contributed by atoms with E-state index in [4.69, 9.17) is 4.74 Å². The van der Waals surface area contributed by atoms with Crippen LogP contribution in [0.5, 0.6) is 0 Å². The standard InChI is InChI=1S/C23H22F3N3O3S/c1-22(2,20(30)32-3)12-19-27-13-18(33-19)14-4-8-16(9-5-14)28-21(31)29-17-10-6-15(7-11-17)23(24,25)26/h4-11,13H,12H2,1-3H3,(H2,28,29,31). The van der Waals surface area contributed by atoms with Crippen molar-refractivity contribution < 1.29 is 27.5 Å². The molecule has 0 saturated heterocycles. The summed E-state index contributed by atoms with van der Waals surface area (Å²) in [6.45, 7) is 3.60. The van der Waals surface area contributed by atoms with Gasteiger partial charge >= 0.3 is 18.2 Å². The van der Waals surface area contributed by atoms with Gasteiger partial charge in [0.1, 0.15) is 0 Å². The van der Waals surface area contributed by atoms with Gasteiger partial charge in [-0.1, -0.05) is 12.1 Å². The number of urea groups is 1. The molecule has 0 radical (unpaired) electrons. The van der Waals surface area contributed by atoms with Gasteiger partial charge in [0.25, 0.3) is 0 Å². The molecule has 3 aromatic rings. The number of hydrogen-bond acceptors (Lipinski definition) is 5. The molecular weight excluding hydrogens is 455 g/mol. The van der Waals surface area contributed by atoms with E-state index in [9.17, 15) is 22.8 Å². The van der Waals surface area contributed by atoms with Crippen LogP contribution >= 0.6 is 11.3 Å². The van der Waals surface area contributed by atoms with Crippen LogP contribution in [0.3, 0.4) is 0 Å². The first-order chi connectivity index (χ1) is 15.5. The number of nitrogens with zero attached hydrogens (tertiary/aromatic N) is 1. The number of halogens is 3. The zero-order chi connectivity index (χ0) is 24.2. The number of hydrogen-bond donors (Lipinski definition) is 2. The zero-order valence-electron chi connectivity index (χ0n) is 18.1. The Balaban J connectivity index is 1.60. The fraction of sp³-hybridized carbons (Fsp3) is 0.261. The third kappa shape index (κ3) is 6.32. The molecule has 2 amide bonds. The molecule has 0 unspecified atom stereocenters. The predicted molar refractivity (Wildman–Crippen MR) is 121 cm³/mol. The summed E-state index contributed by atoms with van der Waals surface area (Å²) < 4.78 is 42.7.